The second-order valence-electron chi connectivity index (χ2n) is 7.19. The van der Waals surface area contributed by atoms with Crippen LogP contribution in [0, 0.1) is 0 Å². The highest BCUT2D eigenvalue weighted by Crippen LogP contribution is 2.29. The summed E-state index contributed by atoms with van der Waals surface area (Å²) in [5.41, 5.74) is 6.30. The fraction of sp³-hybridized carbons (Fsp3) is 1.00. The van der Waals surface area contributed by atoms with E-state index in [1.165, 1.54) is 77.0 Å². The normalized spacial score (nSPS) is 40.0. The largest absolute Gasteiger partial charge is 0.373 e. The lowest BCUT2D eigenvalue weighted by Crippen LogP contribution is -2.55. The quantitative estimate of drug-likeness (QED) is 0.832. The molecule has 0 unspecified atom stereocenters. The maximum atomic E-state index is 6.44. The zero-order valence-corrected chi connectivity index (χ0v) is 12.9. The highest BCUT2D eigenvalue weighted by atomic mass is 16.5. The van der Waals surface area contributed by atoms with Gasteiger partial charge in [-0.15, -0.1) is 0 Å². The summed E-state index contributed by atoms with van der Waals surface area (Å²) in [5, 5.41) is 3.88. The van der Waals surface area contributed by atoms with Crippen molar-refractivity contribution in [2.45, 2.75) is 107 Å². The van der Waals surface area contributed by atoms with Gasteiger partial charge in [0.15, 0.2) is 0 Å². The molecule has 0 spiro atoms. The van der Waals surface area contributed by atoms with Crippen LogP contribution < -0.4 is 11.1 Å². The first-order valence-electron chi connectivity index (χ1n) is 9.00. The molecule has 0 aromatic heterocycles. The maximum absolute atomic E-state index is 6.44. The first-order valence-corrected chi connectivity index (χ1v) is 9.00. The third-order valence-corrected chi connectivity index (χ3v) is 5.62. The molecule has 3 rings (SSSR count). The zero-order chi connectivity index (χ0) is 13.8. The van der Waals surface area contributed by atoms with Crippen molar-refractivity contribution in [1.82, 2.24) is 5.32 Å². The van der Waals surface area contributed by atoms with E-state index in [1.807, 2.05) is 0 Å². The van der Waals surface area contributed by atoms with Gasteiger partial charge in [0.1, 0.15) is 0 Å². The van der Waals surface area contributed by atoms with Gasteiger partial charge in [0, 0.05) is 18.1 Å². The van der Waals surface area contributed by atoms with Gasteiger partial charge in [-0.25, -0.2) is 0 Å². The van der Waals surface area contributed by atoms with E-state index in [1.54, 1.807) is 0 Å². The minimum Gasteiger partial charge on any atom is -0.373 e. The predicted octanol–water partition coefficient (Wildman–Crippen LogP) is 3.12. The van der Waals surface area contributed by atoms with Crippen LogP contribution in [0.25, 0.3) is 0 Å². The van der Waals surface area contributed by atoms with Crippen molar-refractivity contribution in [2.24, 2.45) is 5.73 Å². The van der Waals surface area contributed by atoms with E-state index in [2.05, 4.69) is 5.32 Å². The van der Waals surface area contributed by atoms with Crippen molar-refractivity contribution in [3.63, 3.8) is 0 Å². The van der Waals surface area contributed by atoms with Crippen molar-refractivity contribution in [3.05, 3.63) is 0 Å². The van der Waals surface area contributed by atoms with E-state index in [-0.39, 0.29) is 0 Å². The summed E-state index contributed by atoms with van der Waals surface area (Å²) in [7, 11) is 0. The Bertz CT molecular complexity index is 291. The van der Waals surface area contributed by atoms with Crippen LogP contribution in [0.2, 0.25) is 0 Å². The number of ether oxygens (including phenoxy) is 1. The predicted molar refractivity (Wildman–Crippen MR) is 82.8 cm³/mol. The molecule has 3 nitrogen and oxygen atoms in total. The van der Waals surface area contributed by atoms with Crippen LogP contribution in [0.3, 0.4) is 0 Å². The monoisotopic (exact) mass is 280 g/mol. The Morgan fingerprint density at radius 1 is 0.700 bits per heavy atom. The Hall–Kier alpha value is -0.120. The van der Waals surface area contributed by atoms with E-state index in [0.717, 1.165) is 0 Å². The van der Waals surface area contributed by atoms with Gasteiger partial charge in [-0.1, -0.05) is 38.5 Å². The number of nitrogens with two attached hydrogens (primary N) is 1. The van der Waals surface area contributed by atoms with Crippen molar-refractivity contribution < 1.29 is 4.74 Å². The molecular weight excluding hydrogens is 248 g/mol. The van der Waals surface area contributed by atoms with Crippen LogP contribution in [-0.2, 0) is 4.74 Å². The molecule has 0 aromatic carbocycles. The van der Waals surface area contributed by atoms with E-state index in [0.29, 0.717) is 30.3 Å². The van der Waals surface area contributed by atoms with Crippen LogP contribution in [-0.4, -0.2) is 30.3 Å². The summed E-state index contributed by atoms with van der Waals surface area (Å²) in [6.45, 7) is 0. The first-order chi connectivity index (χ1) is 9.83. The molecular formula is C17H32N2O. The Balaban J connectivity index is 1.53. The number of hydrogen-bond acceptors (Lipinski definition) is 3. The Morgan fingerprint density at radius 2 is 1.30 bits per heavy atom. The van der Waals surface area contributed by atoms with Crippen LogP contribution in [0.15, 0.2) is 0 Å². The van der Waals surface area contributed by atoms with Crippen LogP contribution >= 0.6 is 0 Å². The van der Waals surface area contributed by atoms with Crippen molar-refractivity contribution in [1.29, 1.82) is 0 Å². The van der Waals surface area contributed by atoms with Crippen molar-refractivity contribution >= 4 is 0 Å². The third-order valence-electron chi connectivity index (χ3n) is 5.62. The van der Waals surface area contributed by atoms with Crippen LogP contribution in [0.5, 0.6) is 0 Å². The lowest BCUT2D eigenvalue weighted by Gasteiger charge is -2.39. The Labute approximate surface area is 124 Å². The number of hydrogen-bond donors (Lipinski definition) is 2. The molecule has 4 atom stereocenters. The topological polar surface area (TPSA) is 47.3 Å². The molecule has 0 radical (unpaired) electrons. The molecule has 0 bridgehead atoms. The molecule has 3 aliphatic carbocycles. The molecule has 3 fully saturated rings. The van der Waals surface area contributed by atoms with Gasteiger partial charge in [0.2, 0.25) is 0 Å². The van der Waals surface area contributed by atoms with Crippen LogP contribution in [0.4, 0.5) is 0 Å². The third kappa shape index (κ3) is 3.75. The summed E-state index contributed by atoms with van der Waals surface area (Å²) in [5.74, 6) is 0. The minimum absolute atomic E-state index is 0.359. The molecule has 0 aliphatic heterocycles. The van der Waals surface area contributed by atoms with Gasteiger partial charge in [0.25, 0.3) is 0 Å². The fourth-order valence-corrected chi connectivity index (χ4v) is 4.36. The second-order valence-corrected chi connectivity index (χ2v) is 7.19. The van der Waals surface area contributed by atoms with E-state index < -0.39 is 0 Å². The van der Waals surface area contributed by atoms with Crippen LogP contribution in [0.1, 0.15) is 77.0 Å². The lowest BCUT2D eigenvalue weighted by atomic mass is 9.87. The molecule has 0 heterocycles. The molecule has 20 heavy (non-hydrogen) atoms. The minimum atomic E-state index is 0.359. The van der Waals surface area contributed by atoms with E-state index >= 15 is 0 Å². The summed E-state index contributed by atoms with van der Waals surface area (Å²) in [6.07, 6.45) is 16.6. The molecule has 3 heteroatoms. The van der Waals surface area contributed by atoms with Gasteiger partial charge in [0.05, 0.1) is 12.2 Å². The molecule has 3 N–H and O–H groups in total. The summed E-state index contributed by atoms with van der Waals surface area (Å²) < 4.78 is 6.44. The molecule has 116 valence electrons. The lowest BCUT2D eigenvalue weighted by molar-refractivity contribution is -0.0465. The second kappa shape index (κ2) is 7.24. The average Bonchev–Trinajstić information content (AvgIpc) is 2.96. The summed E-state index contributed by atoms with van der Waals surface area (Å²) in [4.78, 5) is 0. The van der Waals surface area contributed by atoms with Gasteiger partial charge in [-0.05, 0) is 38.5 Å². The Morgan fingerprint density at radius 3 is 2.05 bits per heavy atom. The van der Waals surface area contributed by atoms with Gasteiger partial charge < -0.3 is 15.8 Å². The standard InChI is InChI=1S/C17H32N2O/c18-14-9-3-4-10-15(14)19-16-11-5-6-12-17(16)20-13-7-1-2-8-13/h13-17,19H,1-12,18H2/t14-,15+,16-,17+/m1/s1. The average molecular weight is 280 g/mol. The Kier molecular flexibility index (Phi) is 5.36. The van der Waals surface area contributed by atoms with E-state index in [9.17, 15) is 0 Å². The van der Waals surface area contributed by atoms with Gasteiger partial charge in [-0.2, -0.15) is 0 Å². The van der Waals surface area contributed by atoms with Crippen molar-refractivity contribution in [2.75, 3.05) is 0 Å². The number of rotatable bonds is 4. The molecule has 3 saturated carbocycles. The molecule has 3 aliphatic rings. The maximum Gasteiger partial charge on any atom is 0.0731 e. The van der Waals surface area contributed by atoms with Gasteiger partial charge in [-0.3, -0.25) is 0 Å². The molecule has 0 amide bonds. The zero-order valence-electron chi connectivity index (χ0n) is 12.9. The highest BCUT2D eigenvalue weighted by molar-refractivity contribution is 4.91. The smallest absolute Gasteiger partial charge is 0.0731 e. The van der Waals surface area contributed by atoms with E-state index in [4.69, 9.17) is 10.5 Å². The van der Waals surface area contributed by atoms with Gasteiger partial charge >= 0.3 is 0 Å². The number of nitrogens with one attached hydrogen (secondary N) is 1. The summed E-state index contributed by atoms with van der Waals surface area (Å²) in [6, 6.07) is 1.44. The molecule has 0 aromatic rings. The fourth-order valence-electron chi connectivity index (χ4n) is 4.36. The molecule has 0 saturated heterocycles. The highest BCUT2D eigenvalue weighted by Gasteiger charge is 2.32. The van der Waals surface area contributed by atoms with Crippen molar-refractivity contribution in [3.8, 4) is 0 Å². The first kappa shape index (κ1) is 14.8. The SMILES string of the molecule is N[C@@H]1CCCC[C@@H]1N[C@@H]1CCCC[C@@H]1OC1CCCC1. The summed E-state index contributed by atoms with van der Waals surface area (Å²) >= 11 is 0.